The molecule has 0 saturated heterocycles. The molecule has 142 valence electrons. The number of ether oxygens (including phenoxy) is 1. The molecule has 3 N–H and O–H groups in total. The van der Waals surface area contributed by atoms with E-state index in [0.717, 1.165) is 49.5 Å². The minimum atomic E-state index is -0.130. The fourth-order valence-corrected chi connectivity index (χ4v) is 2.85. The Balaban J connectivity index is 0.00000312. The smallest absolute Gasteiger partial charge is 0.191 e. The minimum absolute atomic E-state index is 0. The van der Waals surface area contributed by atoms with Crippen LogP contribution in [-0.4, -0.2) is 35.9 Å². The number of guanidine groups is 1. The molecule has 0 spiro atoms. The molecule has 1 fully saturated rings. The van der Waals surface area contributed by atoms with Crippen molar-refractivity contribution in [2.45, 2.75) is 71.2 Å². The Labute approximate surface area is 168 Å². The van der Waals surface area contributed by atoms with Gasteiger partial charge in [-0.25, -0.2) is 4.99 Å². The lowest BCUT2D eigenvalue weighted by atomic mass is 9.93. The van der Waals surface area contributed by atoms with E-state index in [9.17, 15) is 5.11 Å². The predicted molar refractivity (Wildman–Crippen MR) is 114 cm³/mol. The van der Waals surface area contributed by atoms with Gasteiger partial charge in [0.1, 0.15) is 5.75 Å². The number of aliphatic imine (C=N–C) groups is 1. The predicted octanol–water partition coefficient (Wildman–Crippen LogP) is 3.45. The maximum Gasteiger partial charge on any atom is 0.191 e. The van der Waals surface area contributed by atoms with Gasteiger partial charge in [-0.2, -0.15) is 0 Å². The van der Waals surface area contributed by atoms with Crippen molar-refractivity contribution in [2.24, 2.45) is 4.99 Å². The summed E-state index contributed by atoms with van der Waals surface area (Å²) in [6.07, 6.45) is 3.78. The zero-order valence-electron chi connectivity index (χ0n) is 15.5. The first-order valence-electron chi connectivity index (χ1n) is 9.05. The van der Waals surface area contributed by atoms with Gasteiger partial charge in [-0.3, -0.25) is 0 Å². The van der Waals surface area contributed by atoms with Gasteiger partial charge in [-0.05, 0) is 64.2 Å². The highest BCUT2D eigenvalue weighted by Gasteiger charge is 2.19. The van der Waals surface area contributed by atoms with Gasteiger partial charge in [0.2, 0.25) is 0 Å². The molecule has 0 unspecified atom stereocenters. The lowest BCUT2D eigenvalue weighted by Gasteiger charge is -2.27. The Kier molecular flexibility index (Phi) is 10.2. The van der Waals surface area contributed by atoms with Gasteiger partial charge < -0.3 is 20.5 Å². The summed E-state index contributed by atoms with van der Waals surface area (Å²) >= 11 is 0. The molecule has 1 aromatic carbocycles. The van der Waals surface area contributed by atoms with Crippen LogP contribution < -0.4 is 15.4 Å². The molecule has 0 bridgehead atoms. The van der Waals surface area contributed by atoms with Gasteiger partial charge in [-0.1, -0.05) is 12.1 Å². The number of benzene rings is 1. The number of rotatable bonds is 6. The number of nitrogens with zero attached hydrogens (tertiary/aromatic N) is 1. The monoisotopic (exact) mass is 461 g/mol. The summed E-state index contributed by atoms with van der Waals surface area (Å²) in [4.78, 5) is 4.68. The van der Waals surface area contributed by atoms with Crippen molar-refractivity contribution in [2.75, 3.05) is 6.54 Å². The van der Waals surface area contributed by atoms with E-state index in [1.54, 1.807) is 0 Å². The van der Waals surface area contributed by atoms with E-state index in [1.165, 1.54) is 0 Å². The fraction of sp³-hybridized carbons (Fsp3) is 0.632. The summed E-state index contributed by atoms with van der Waals surface area (Å²) in [5.41, 5.74) is 1.15. The molecule has 0 amide bonds. The number of nitrogens with one attached hydrogen (secondary N) is 2. The van der Waals surface area contributed by atoms with Crippen molar-refractivity contribution >= 4 is 29.9 Å². The molecular formula is C19H32IN3O2. The van der Waals surface area contributed by atoms with Crippen molar-refractivity contribution in [1.82, 2.24) is 10.6 Å². The number of hydrogen-bond donors (Lipinski definition) is 3. The average Bonchev–Trinajstić information content (AvgIpc) is 2.56. The highest BCUT2D eigenvalue weighted by Crippen LogP contribution is 2.18. The van der Waals surface area contributed by atoms with Crippen LogP contribution in [0.15, 0.2) is 29.3 Å². The summed E-state index contributed by atoms with van der Waals surface area (Å²) in [7, 11) is 0. The third-order valence-electron chi connectivity index (χ3n) is 4.10. The van der Waals surface area contributed by atoms with E-state index >= 15 is 0 Å². The number of hydrogen-bond acceptors (Lipinski definition) is 3. The molecule has 0 aliphatic heterocycles. The van der Waals surface area contributed by atoms with Gasteiger partial charge in [0.05, 0.1) is 18.8 Å². The molecule has 0 heterocycles. The van der Waals surface area contributed by atoms with Crippen LogP contribution in [0.3, 0.4) is 0 Å². The molecule has 1 saturated carbocycles. The standard InChI is InChI=1S/C19H31N3O2.HI/c1-4-20-19(22-16-7-9-17(23)10-8-16)21-13-15-5-11-18(12-6-15)24-14(2)3;/h5-6,11-12,14,16-17,23H,4,7-10,13H2,1-3H3,(H2,20,21,22);1H. The number of aliphatic hydroxyl groups excluding tert-OH is 1. The second-order valence-corrected chi connectivity index (χ2v) is 6.66. The molecule has 0 atom stereocenters. The molecular weight excluding hydrogens is 429 g/mol. The Morgan fingerprint density at radius 3 is 2.40 bits per heavy atom. The van der Waals surface area contributed by atoms with Crippen molar-refractivity contribution < 1.29 is 9.84 Å². The summed E-state index contributed by atoms with van der Waals surface area (Å²) in [5.74, 6) is 1.74. The van der Waals surface area contributed by atoms with Crippen molar-refractivity contribution in [3.05, 3.63) is 29.8 Å². The summed E-state index contributed by atoms with van der Waals surface area (Å²) in [6, 6.07) is 8.50. The van der Waals surface area contributed by atoms with E-state index in [2.05, 4.69) is 34.7 Å². The van der Waals surface area contributed by atoms with Gasteiger partial charge >= 0.3 is 0 Å². The van der Waals surface area contributed by atoms with Crippen LogP contribution in [0.1, 0.15) is 52.0 Å². The zero-order chi connectivity index (χ0) is 17.4. The van der Waals surface area contributed by atoms with Crippen LogP contribution >= 0.6 is 24.0 Å². The van der Waals surface area contributed by atoms with Crippen LogP contribution in [0.4, 0.5) is 0 Å². The normalized spacial score (nSPS) is 20.8. The topological polar surface area (TPSA) is 65.9 Å². The molecule has 1 aliphatic carbocycles. The fourth-order valence-electron chi connectivity index (χ4n) is 2.85. The van der Waals surface area contributed by atoms with E-state index in [0.29, 0.717) is 12.6 Å². The molecule has 25 heavy (non-hydrogen) atoms. The van der Waals surface area contributed by atoms with Crippen LogP contribution in [0.25, 0.3) is 0 Å². The Morgan fingerprint density at radius 2 is 1.84 bits per heavy atom. The van der Waals surface area contributed by atoms with Gasteiger partial charge in [-0.15, -0.1) is 24.0 Å². The van der Waals surface area contributed by atoms with Crippen molar-refractivity contribution in [3.8, 4) is 5.75 Å². The molecule has 2 rings (SSSR count). The minimum Gasteiger partial charge on any atom is -0.491 e. The first kappa shape index (κ1) is 22.0. The lowest BCUT2D eigenvalue weighted by Crippen LogP contribution is -2.45. The molecule has 1 aromatic rings. The van der Waals surface area contributed by atoms with E-state index in [1.807, 2.05) is 26.0 Å². The molecule has 5 nitrogen and oxygen atoms in total. The largest absolute Gasteiger partial charge is 0.491 e. The maximum atomic E-state index is 9.61. The quantitative estimate of drug-likeness (QED) is 0.345. The molecule has 0 radical (unpaired) electrons. The Morgan fingerprint density at radius 1 is 1.20 bits per heavy atom. The summed E-state index contributed by atoms with van der Waals surface area (Å²) in [6.45, 7) is 7.59. The van der Waals surface area contributed by atoms with E-state index < -0.39 is 0 Å². The van der Waals surface area contributed by atoms with Crippen molar-refractivity contribution in [1.29, 1.82) is 0 Å². The second-order valence-electron chi connectivity index (χ2n) is 6.66. The highest BCUT2D eigenvalue weighted by atomic mass is 127. The molecule has 1 aliphatic rings. The third kappa shape index (κ3) is 8.27. The van der Waals surface area contributed by atoms with Gasteiger partial charge in [0, 0.05) is 12.6 Å². The lowest BCUT2D eigenvalue weighted by molar-refractivity contribution is 0.120. The Bertz CT molecular complexity index is 512. The van der Waals surface area contributed by atoms with E-state index in [4.69, 9.17) is 4.74 Å². The number of aliphatic hydroxyl groups is 1. The summed E-state index contributed by atoms with van der Waals surface area (Å²) in [5, 5.41) is 16.4. The van der Waals surface area contributed by atoms with Gasteiger partial charge in [0.25, 0.3) is 0 Å². The first-order valence-corrected chi connectivity index (χ1v) is 9.05. The zero-order valence-corrected chi connectivity index (χ0v) is 17.8. The Hall–Kier alpha value is -1.02. The highest BCUT2D eigenvalue weighted by molar-refractivity contribution is 14.0. The molecule has 6 heteroatoms. The average molecular weight is 461 g/mol. The SMILES string of the molecule is CCNC(=NCc1ccc(OC(C)C)cc1)NC1CCC(O)CC1.I. The molecule has 0 aromatic heterocycles. The van der Waals surface area contributed by atoms with Crippen LogP contribution in [-0.2, 0) is 6.54 Å². The maximum absolute atomic E-state index is 9.61. The van der Waals surface area contributed by atoms with Crippen LogP contribution in [0.5, 0.6) is 5.75 Å². The van der Waals surface area contributed by atoms with Gasteiger partial charge in [0.15, 0.2) is 5.96 Å². The second kappa shape index (κ2) is 11.6. The summed E-state index contributed by atoms with van der Waals surface area (Å²) < 4.78 is 5.66. The third-order valence-corrected chi connectivity index (χ3v) is 4.10. The van der Waals surface area contributed by atoms with Crippen LogP contribution in [0.2, 0.25) is 0 Å². The van der Waals surface area contributed by atoms with E-state index in [-0.39, 0.29) is 36.2 Å². The van der Waals surface area contributed by atoms with Crippen LogP contribution in [0, 0.1) is 0 Å². The number of halogens is 1. The first-order chi connectivity index (χ1) is 11.6. The van der Waals surface area contributed by atoms with Crippen molar-refractivity contribution in [3.63, 3.8) is 0 Å².